The molecule has 1 amide bonds. The third-order valence-electron chi connectivity index (χ3n) is 3.56. The second-order valence-corrected chi connectivity index (χ2v) is 5.84. The third kappa shape index (κ3) is 4.53. The zero-order valence-electron chi connectivity index (χ0n) is 13.5. The number of primary amides is 1. The molecule has 24 heavy (non-hydrogen) atoms. The molecule has 0 spiro atoms. The number of non-ortho nitro benzene ring substituents is 1. The monoisotopic (exact) mass is 329 g/mol. The Kier molecular flexibility index (Phi) is 5.15. The second kappa shape index (κ2) is 7.10. The van der Waals surface area contributed by atoms with E-state index in [1.807, 2.05) is 12.1 Å². The molecule has 0 unspecified atom stereocenters. The van der Waals surface area contributed by atoms with Crippen LogP contribution in [0.15, 0.2) is 48.5 Å². The van der Waals surface area contributed by atoms with Gasteiger partial charge in [0, 0.05) is 18.7 Å². The smallest absolute Gasteiger partial charge is 0.269 e. The molecule has 3 N–H and O–H groups in total. The van der Waals surface area contributed by atoms with Crippen LogP contribution >= 0.6 is 0 Å². The maximum atomic E-state index is 11.3. The van der Waals surface area contributed by atoms with Crippen LogP contribution < -0.4 is 15.8 Å². The van der Waals surface area contributed by atoms with E-state index in [0.29, 0.717) is 18.0 Å². The van der Waals surface area contributed by atoms with Gasteiger partial charge in [0.25, 0.3) is 5.69 Å². The van der Waals surface area contributed by atoms with E-state index in [2.05, 4.69) is 5.32 Å². The van der Waals surface area contributed by atoms with Crippen LogP contribution in [0.25, 0.3) is 0 Å². The van der Waals surface area contributed by atoms with Crippen LogP contribution in [-0.4, -0.2) is 16.4 Å². The molecular formula is C17H19N3O4. The van der Waals surface area contributed by atoms with E-state index in [0.717, 1.165) is 5.56 Å². The molecule has 0 saturated heterocycles. The van der Waals surface area contributed by atoms with Crippen LogP contribution in [-0.2, 0) is 11.3 Å². The SMILES string of the molecule is CC(C)(NCc1ccc(Oc2ccc([N+](=O)[O-])cc2)cc1)C(N)=O. The average molecular weight is 329 g/mol. The fourth-order valence-electron chi connectivity index (χ4n) is 1.86. The van der Waals surface area contributed by atoms with Gasteiger partial charge in [-0.05, 0) is 43.7 Å². The summed E-state index contributed by atoms with van der Waals surface area (Å²) < 4.78 is 5.63. The Labute approximate surface area is 139 Å². The Bertz CT molecular complexity index is 725. The lowest BCUT2D eigenvalue weighted by atomic mass is 10.0. The lowest BCUT2D eigenvalue weighted by molar-refractivity contribution is -0.384. The highest BCUT2D eigenvalue weighted by atomic mass is 16.6. The van der Waals surface area contributed by atoms with Gasteiger partial charge in [0.1, 0.15) is 11.5 Å². The predicted octanol–water partition coefficient (Wildman–Crippen LogP) is 2.74. The number of amides is 1. The van der Waals surface area contributed by atoms with Crippen molar-refractivity contribution < 1.29 is 14.5 Å². The van der Waals surface area contributed by atoms with Gasteiger partial charge in [-0.25, -0.2) is 0 Å². The lowest BCUT2D eigenvalue weighted by Crippen LogP contribution is -2.50. The molecule has 0 heterocycles. The number of benzene rings is 2. The van der Waals surface area contributed by atoms with Crippen LogP contribution in [0.4, 0.5) is 5.69 Å². The van der Waals surface area contributed by atoms with Gasteiger partial charge in [0.15, 0.2) is 0 Å². The predicted molar refractivity (Wildman–Crippen MR) is 89.7 cm³/mol. The summed E-state index contributed by atoms with van der Waals surface area (Å²) in [5.41, 5.74) is 5.51. The molecule has 0 radical (unpaired) electrons. The number of hydrogen-bond acceptors (Lipinski definition) is 5. The molecule has 0 aliphatic rings. The Morgan fingerprint density at radius 1 is 1.12 bits per heavy atom. The maximum absolute atomic E-state index is 11.3. The summed E-state index contributed by atoms with van der Waals surface area (Å²) in [6.07, 6.45) is 0. The van der Waals surface area contributed by atoms with Crippen molar-refractivity contribution in [2.45, 2.75) is 25.9 Å². The molecule has 0 fully saturated rings. The number of nitro groups is 1. The number of hydrogen-bond donors (Lipinski definition) is 2. The van der Waals surface area contributed by atoms with E-state index in [4.69, 9.17) is 10.5 Å². The first-order valence-corrected chi connectivity index (χ1v) is 7.34. The molecular weight excluding hydrogens is 310 g/mol. The number of nitrogens with one attached hydrogen (secondary N) is 1. The molecule has 0 aliphatic carbocycles. The van der Waals surface area contributed by atoms with E-state index in [1.165, 1.54) is 12.1 Å². The number of ether oxygens (including phenoxy) is 1. The van der Waals surface area contributed by atoms with Crippen molar-refractivity contribution in [2.75, 3.05) is 0 Å². The van der Waals surface area contributed by atoms with Crippen molar-refractivity contribution in [3.63, 3.8) is 0 Å². The number of nitro benzene ring substituents is 1. The minimum Gasteiger partial charge on any atom is -0.457 e. The zero-order valence-corrected chi connectivity index (χ0v) is 13.5. The Morgan fingerprint density at radius 2 is 1.62 bits per heavy atom. The first-order valence-electron chi connectivity index (χ1n) is 7.34. The van der Waals surface area contributed by atoms with E-state index in [-0.39, 0.29) is 5.69 Å². The summed E-state index contributed by atoms with van der Waals surface area (Å²) >= 11 is 0. The number of carbonyl (C=O) groups is 1. The molecule has 7 heteroatoms. The third-order valence-corrected chi connectivity index (χ3v) is 3.56. The molecule has 126 valence electrons. The highest BCUT2D eigenvalue weighted by molar-refractivity contribution is 5.83. The van der Waals surface area contributed by atoms with Gasteiger partial charge < -0.3 is 10.5 Å². The van der Waals surface area contributed by atoms with Crippen LogP contribution in [0.2, 0.25) is 0 Å². The quantitative estimate of drug-likeness (QED) is 0.600. The van der Waals surface area contributed by atoms with Crippen molar-refractivity contribution in [2.24, 2.45) is 5.73 Å². The van der Waals surface area contributed by atoms with Crippen LogP contribution in [0.1, 0.15) is 19.4 Å². The number of nitrogens with zero attached hydrogens (tertiary/aromatic N) is 1. The Balaban J connectivity index is 1.97. The number of carbonyl (C=O) groups excluding carboxylic acids is 1. The van der Waals surface area contributed by atoms with Crippen molar-refractivity contribution >= 4 is 11.6 Å². The zero-order chi connectivity index (χ0) is 17.7. The molecule has 7 nitrogen and oxygen atoms in total. The van der Waals surface area contributed by atoms with Crippen molar-refractivity contribution in [3.8, 4) is 11.5 Å². The van der Waals surface area contributed by atoms with Gasteiger partial charge >= 0.3 is 0 Å². The normalized spacial score (nSPS) is 11.1. The average Bonchev–Trinajstić information content (AvgIpc) is 2.54. The van der Waals surface area contributed by atoms with E-state index in [1.54, 1.807) is 38.1 Å². The van der Waals surface area contributed by atoms with Crippen molar-refractivity contribution in [1.82, 2.24) is 5.32 Å². The lowest BCUT2D eigenvalue weighted by Gasteiger charge is -2.22. The largest absolute Gasteiger partial charge is 0.457 e. The number of nitrogens with two attached hydrogens (primary N) is 1. The van der Waals surface area contributed by atoms with Gasteiger partial charge in [-0.1, -0.05) is 12.1 Å². The molecule has 0 saturated carbocycles. The fourth-order valence-corrected chi connectivity index (χ4v) is 1.86. The van der Waals surface area contributed by atoms with E-state index >= 15 is 0 Å². The summed E-state index contributed by atoms with van der Waals surface area (Å²) in [6, 6.07) is 13.2. The minimum absolute atomic E-state index is 0.0147. The molecule has 0 bridgehead atoms. The second-order valence-electron chi connectivity index (χ2n) is 5.84. The first kappa shape index (κ1) is 17.4. The molecule has 0 aromatic heterocycles. The van der Waals surface area contributed by atoms with Gasteiger partial charge in [-0.3, -0.25) is 20.2 Å². The summed E-state index contributed by atoms with van der Waals surface area (Å²) in [4.78, 5) is 21.4. The highest BCUT2D eigenvalue weighted by Crippen LogP contribution is 2.24. The van der Waals surface area contributed by atoms with Gasteiger partial charge in [-0.15, -0.1) is 0 Å². The standard InChI is InChI=1S/C17H19N3O4/c1-17(2,16(18)21)19-11-12-3-7-14(8-4-12)24-15-9-5-13(6-10-15)20(22)23/h3-10,19H,11H2,1-2H3,(H2,18,21). The first-order chi connectivity index (χ1) is 11.3. The maximum Gasteiger partial charge on any atom is 0.269 e. The molecule has 2 aromatic carbocycles. The van der Waals surface area contributed by atoms with Crippen LogP contribution in [0.3, 0.4) is 0 Å². The number of rotatable bonds is 7. The fraction of sp³-hybridized carbons (Fsp3) is 0.235. The molecule has 2 aromatic rings. The van der Waals surface area contributed by atoms with Crippen molar-refractivity contribution in [1.29, 1.82) is 0 Å². The summed E-state index contributed by atoms with van der Waals surface area (Å²) in [6.45, 7) is 3.94. The minimum atomic E-state index is -0.784. The van der Waals surface area contributed by atoms with E-state index in [9.17, 15) is 14.9 Å². The molecule has 0 aliphatic heterocycles. The van der Waals surface area contributed by atoms with Crippen LogP contribution in [0.5, 0.6) is 11.5 Å². The molecule has 0 atom stereocenters. The van der Waals surface area contributed by atoms with Crippen molar-refractivity contribution in [3.05, 3.63) is 64.2 Å². The molecule has 2 rings (SSSR count). The Morgan fingerprint density at radius 3 is 2.08 bits per heavy atom. The van der Waals surface area contributed by atoms with Gasteiger partial charge in [0.05, 0.1) is 10.5 Å². The van der Waals surface area contributed by atoms with Gasteiger partial charge in [0.2, 0.25) is 5.91 Å². The van der Waals surface area contributed by atoms with Crippen LogP contribution in [0, 0.1) is 10.1 Å². The topological polar surface area (TPSA) is 107 Å². The van der Waals surface area contributed by atoms with Gasteiger partial charge in [-0.2, -0.15) is 0 Å². The summed E-state index contributed by atoms with van der Waals surface area (Å²) in [5.74, 6) is 0.712. The summed E-state index contributed by atoms with van der Waals surface area (Å²) in [7, 11) is 0. The van der Waals surface area contributed by atoms with E-state index < -0.39 is 16.4 Å². The highest BCUT2D eigenvalue weighted by Gasteiger charge is 2.23. The Hall–Kier alpha value is -2.93. The summed E-state index contributed by atoms with van der Waals surface area (Å²) in [5, 5.41) is 13.7.